The highest BCUT2D eigenvalue weighted by molar-refractivity contribution is 7.22. The number of nitrogens with zero attached hydrogens (tertiary/aromatic N) is 3. The summed E-state index contributed by atoms with van der Waals surface area (Å²) in [5, 5.41) is 2.64. The first kappa shape index (κ1) is 23.8. The third-order valence-corrected chi connectivity index (χ3v) is 6.68. The van der Waals surface area contributed by atoms with E-state index in [2.05, 4.69) is 4.90 Å². The highest BCUT2D eigenvalue weighted by atomic mass is 32.1. The molecule has 4 aromatic rings. The molecule has 0 saturated carbocycles. The number of aromatic nitrogens is 1. The number of hydrogen-bond acceptors (Lipinski definition) is 7. The zero-order valence-electron chi connectivity index (χ0n) is 20.1. The molecule has 0 saturated heterocycles. The lowest BCUT2D eigenvalue weighted by Crippen LogP contribution is -2.33. The molecule has 0 atom stereocenters. The summed E-state index contributed by atoms with van der Waals surface area (Å²) in [5.74, 6) is 1.64. The molecule has 0 unspecified atom stereocenters. The molecule has 0 fully saturated rings. The first-order valence-electron chi connectivity index (χ1n) is 11.0. The van der Waals surface area contributed by atoms with Gasteiger partial charge in [0.05, 0.1) is 37.1 Å². The summed E-state index contributed by atoms with van der Waals surface area (Å²) >= 11 is 1.46. The van der Waals surface area contributed by atoms with E-state index in [0.29, 0.717) is 34.5 Å². The van der Waals surface area contributed by atoms with Crippen molar-refractivity contribution in [1.29, 1.82) is 0 Å². The van der Waals surface area contributed by atoms with Crippen LogP contribution in [0.15, 0.2) is 48.5 Å². The lowest BCUT2D eigenvalue weighted by molar-refractivity contribution is 0.0983. The Labute approximate surface area is 203 Å². The molecule has 178 valence electrons. The van der Waals surface area contributed by atoms with Gasteiger partial charge in [-0.15, -0.1) is 0 Å². The molecule has 34 heavy (non-hydrogen) atoms. The van der Waals surface area contributed by atoms with Gasteiger partial charge in [-0.3, -0.25) is 9.69 Å². The van der Waals surface area contributed by atoms with Crippen molar-refractivity contribution in [3.8, 4) is 17.2 Å². The number of carbonyl (C=O) groups is 1. The molecule has 8 heteroatoms. The Morgan fingerprint density at radius 3 is 2.18 bits per heavy atom. The van der Waals surface area contributed by atoms with Gasteiger partial charge in [0.25, 0.3) is 5.91 Å². The van der Waals surface area contributed by atoms with Gasteiger partial charge in [-0.2, -0.15) is 0 Å². The van der Waals surface area contributed by atoms with E-state index in [4.69, 9.17) is 19.2 Å². The van der Waals surface area contributed by atoms with Crippen LogP contribution in [-0.2, 0) is 0 Å². The Morgan fingerprint density at radius 1 is 0.882 bits per heavy atom. The van der Waals surface area contributed by atoms with Crippen LogP contribution >= 0.6 is 11.3 Å². The van der Waals surface area contributed by atoms with Crippen molar-refractivity contribution in [1.82, 2.24) is 9.88 Å². The zero-order chi connectivity index (χ0) is 24.2. The molecule has 0 aliphatic heterocycles. The number of fused-ring (bicyclic) bond motifs is 2. The van der Waals surface area contributed by atoms with E-state index in [-0.39, 0.29) is 5.91 Å². The Kier molecular flexibility index (Phi) is 7.19. The van der Waals surface area contributed by atoms with Crippen molar-refractivity contribution in [2.75, 3.05) is 53.4 Å². The van der Waals surface area contributed by atoms with Crippen LogP contribution in [0.25, 0.3) is 21.0 Å². The van der Waals surface area contributed by atoms with E-state index < -0.39 is 0 Å². The van der Waals surface area contributed by atoms with Gasteiger partial charge in [-0.25, -0.2) is 4.98 Å². The van der Waals surface area contributed by atoms with Crippen LogP contribution in [0.2, 0.25) is 0 Å². The number of thiazole rings is 1. The van der Waals surface area contributed by atoms with Crippen molar-refractivity contribution in [3.63, 3.8) is 0 Å². The minimum atomic E-state index is -0.139. The summed E-state index contributed by atoms with van der Waals surface area (Å²) in [6.07, 6.45) is 0.803. The molecule has 1 heterocycles. The van der Waals surface area contributed by atoms with Crippen LogP contribution in [-0.4, -0.2) is 64.3 Å². The molecular formula is C26H29N3O4S. The van der Waals surface area contributed by atoms with E-state index >= 15 is 0 Å². The van der Waals surface area contributed by atoms with Gasteiger partial charge in [0.15, 0.2) is 16.6 Å². The fourth-order valence-electron chi connectivity index (χ4n) is 3.89. The second-order valence-corrected chi connectivity index (χ2v) is 9.19. The lowest BCUT2D eigenvalue weighted by atomic mass is 10.0. The normalized spacial score (nSPS) is 11.2. The van der Waals surface area contributed by atoms with Crippen molar-refractivity contribution in [2.45, 2.75) is 6.42 Å². The van der Waals surface area contributed by atoms with Gasteiger partial charge in [0.2, 0.25) is 0 Å². The molecule has 0 radical (unpaired) electrons. The highest BCUT2D eigenvalue weighted by Crippen LogP contribution is 2.38. The minimum Gasteiger partial charge on any atom is -0.496 e. The smallest absolute Gasteiger partial charge is 0.263 e. The van der Waals surface area contributed by atoms with Crippen LogP contribution in [0.3, 0.4) is 0 Å². The number of anilines is 1. The molecule has 1 aromatic heterocycles. The highest BCUT2D eigenvalue weighted by Gasteiger charge is 2.25. The fraction of sp³-hybridized carbons (Fsp3) is 0.308. The predicted octanol–water partition coefficient (Wildman–Crippen LogP) is 5.07. The second-order valence-electron chi connectivity index (χ2n) is 8.18. The quantitative estimate of drug-likeness (QED) is 0.334. The Bertz CT molecular complexity index is 1280. The topological polar surface area (TPSA) is 64.1 Å². The van der Waals surface area contributed by atoms with Gasteiger partial charge in [-0.05, 0) is 50.0 Å². The van der Waals surface area contributed by atoms with Crippen LogP contribution in [0, 0.1) is 0 Å². The molecule has 0 bridgehead atoms. The lowest BCUT2D eigenvalue weighted by Gasteiger charge is -2.22. The van der Waals surface area contributed by atoms with Crippen LogP contribution in [0.1, 0.15) is 16.8 Å². The summed E-state index contributed by atoms with van der Waals surface area (Å²) in [5.41, 5.74) is 1.27. The van der Waals surface area contributed by atoms with Gasteiger partial charge < -0.3 is 19.1 Å². The van der Waals surface area contributed by atoms with Crippen molar-refractivity contribution < 1.29 is 19.0 Å². The van der Waals surface area contributed by atoms with Gasteiger partial charge in [0.1, 0.15) is 5.75 Å². The minimum absolute atomic E-state index is 0.139. The van der Waals surface area contributed by atoms with Crippen molar-refractivity contribution >= 4 is 43.4 Å². The predicted molar refractivity (Wildman–Crippen MR) is 138 cm³/mol. The Balaban J connectivity index is 1.78. The number of ether oxygens (including phenoxy) is 3. The maximum Gasteiger partial charge on any atom is 0.263 e. The standard InChI is InChI=1S/C26H29N3O4S/c1-28(2)11-8-12-29(26-27-20-15-22(32-4)23(33-5)16-24(20)34-26)25(30)19-13-17-9-6-7-10-18(17)14-21(19)31-3/h6-7,9-10,13-16H,8,11-12H2,1-5H3. The summed E-state index contributed by atoms with van der Waals surface area (Å²) in [6, 6.07) is 15.5. The fourth-order valence-corrected chi connectivity index (χ4v) is 4.89. The molecule has 7 nitrogen and oxygen atoms in total. The molecule has 0 aliphatic rings. The van der Waals surface area contributed by atoms with Crippen LogP contribution in [0.5, 0.6) is 17.2 Å². The molecule has 0 aliphatic carbocycles. The third-order valence-electron chi connectivity index (χ3n) is 5.64. The molecule has 0 N–H and O–H groups in total. The molecule has 4 rings (SSSR count). The summed E-state index contributed by atoms with van der Waals surface area (Å²) < 4.78 is 17.4. The number of benzene rings is 3. The third kappa shape index (κ3) is 4.78. The van der Waals surface area contributed by atoms with Crippen LogP contribution in [0.4, 0.5) is 5.13 Å². The first-order valence-corrected chi connectivity index (χ1v) is 11.8. The summed E-state index contributed by atoms with van der Waals surface area (Å²) in [6.45, 7) is 1.38. The van der Waals surface area contributed by atoms with E-state index in [0.717, 1.165) is 34.0 Å². The van der Waals surface area contributed by atoms with Gasteiger partial charge >= 0.3 is 0 Å². The zero-order valence-corrected chi connectivity index (χ0v) is 20.9. The van der Waals surface area contributed by atoms with Gasteiger partial charge in [-0.1, -0.05) is 35.6 Å². The van der Waals surface area contributed by atoms with Crippen LogP contribution < -0.4 is 19.1 Å². The largest absolute Gasteiger partial charge is 0.496 e. The first-order chi connectivity index (χ1) is 16.4. The number of carbonyl (C=O) groups excluding carboxylic acids is 1. The number of methoxy groups -OCH3 is 3. The molecule has 3 aromatic carbocycles. The monoisotopic (exact) mass is 479 g/mol. The van der Waals surface area contributed by atoms with E-state index in [1.165, 1.54) is 11.3 Å². The average molecular weight is 480 g/mol. The van der Waals surface area contributed by atoms with Crippen molar-refractivity contribution in [3.05, 3.63) is 54.1 Å². The molecule has 1 amide bonds. The summed E-state index contributed by atoms with van der Waals surface area (Å²) in [7, 11) is 8.84. The number of hydrogen-bond donors (Lipinski definition) is 0. The van der Waals surface area contributed by atoms with Gasteiger partial charge in [0, 0.05) is 18.7 Å². The van der Waals surface area contributed by atoms with E-state index in [1.807, 2.05) is 62.6 Å². The SMILES string of the molecule is COc1cc2nc(N(CCCN(C)C)C(=O)c3cc4ccccc4cc3OC)sc2cc1OC. The Morgan fingerprint density at radius 2 is 1.53 bits per heavy atom. The van der Waals surface area contributed by atoms with E-state index in [9.17, 15) is 4.79 Å². The average Bonchev–Trinajstić information content (AvgIpc) is 3.26. The maximum atomic E-state index is 13.9. The second kappa shape index (κ2) is 10.3. The maximum absolute atomic E-state index is 13.9. The number of rotatable bonds is 9. The Hall–Kier alpha value is -3.36. The van der Waals surface area contributed by atoms with Crippen molar-refractivity contribution in [2.24, 2.45) is 0 Å². The number of amides is 1. The molecular weight excluding hydrogens is 450 g/mol. The molecule has 0 spiro atoms. The van der Waals surface area contributed by atoms with E-state index in [1.54, 1.807) is 26.2 Å². The summed E-state index contributed by atoms with van der Waals surface area (Å²) in [4.78, 5) is 22.6.